The standard InChI is InChI=1S/C10H17N3O/c1-10(5-2-3-6-10)9-12-8(4-7-11)13-14-9/h2-7,11H2,1H3. The second kappa shape index (κ2) is 3.69. The van der Waals surface area contributed by atoms with Crippen molar-refractivity contribution in [3.8, 4) is 0 Å². The van der Waals surface area contributed by atoms with Crippen molar-refractivity contribution in [2.75, 3.05) is 6.54 Å². The van der Waals surface area contributed by atoms with Crippen molar-refractivity contribution in [3.63, 3.8) is 0 Å². The summed E-state index contributed by atoms with van der Waals surface area (Å²) in [6, 6.07) is 0. The van der Waals surface area contributed by atoms with Gasteiger partial charge >= 0.3 is 0 Å². The molecule has 0 aliphatic heterocycles. The van der Waals surface area contributed by atoms with E-state index in [0.29, 0.717) is 13.0 Å². The van der Waals surface area contributed by atoms with Crippen LogP contribution in [0, 0.1) is 0 Å². The maximum atomic E-state index is 5.43. The molecule has 0 unspecified atom stereocenters. The Morgan fingerprint density at radius 2 is 2.14 bits per heavy atom. The van der Waals surface area contributed by atoms with Gasteiger partial charge in [0.2, 0.25) is 5.89 Å². The average molecular weight is 195 g/mol. The highest BCUT2D eigenvalue weighted by Crippen LogP contribution is 2.39. The molecule has 78 valence electrons. The largest absolute Gasteiger partial charge is 0.339 e. The van der Waals surface area contributed by atoms with Gasteiger partial charge in [0.15, 0.2) is 5.82 Å². The zero-order valence-corrected chi connectivity index (χ0v) is 8.62. The first-order valence-corrected chi connectivity index (χ1v) is 5.28. The molecule has 1 fully saturated rings. The van der Waals surface area contributed by atoms with Crippen LogP contribution >= 0.6 is 0 Å². The molecule has 0 spiro atoms. The molecule has 2 rings (SSSR count). The van der Waals surface area contributed by atoms with Crippen LogP contribution in [0.2, 0.25) is 0 Å². The molecule has 0 amide bonds. The summed E-state index contributed by atoms with van der Waals surface area (Å²) in [4.78, 5) is 4.40. The lowest BCUT2D eigenvalue weighted by molar-refractivity contribution is 0.294. The van der Waals surface area contributed by atoms with Gasteiger partial charge in [-0.25, -0.2) is 0 Å². The zero-order chi connectivity index (χ0) is 10.0. The van der Waals surface area contributed by atoms with E-state index in [2.05, 4.69) is 17.1 Å². The minimum atomic E-state index is 0.125. The van der Waals surface area contributed by atoms with E-state index < -0.39 is 0 Å². The number of hydrogen-bond donors (Lipinski definition) is 1. The molecule has 1 saturated carbocycles. The Morgan fingerprint density at radius 3 is 2.79 bits per heavy atom. The first-order chi connectivity index (χ1) is 6.74. The third-order valence-electron chi connectivity index (χ3n) is 3.06. The molecule has 14 heavy (non-hydrogen) atoms. The molecular weight excluding hydrogens is 178 g/mol. The molecule has 0 bridgehead atoms. The fraction of sp³-hybridized carbons (Fsp3) is 0.800. The Hall–Kier alpha value is -0.900. The van der Waals surface area contributed by atoms with Crippen molar-refractivity contribution >= 4 is 0 Å². The number of rotatable bonds is 3. The Labute approximate surface area is 83.9 Å². The van der Waals surface area contributed by atoms with Gasteiger partial charge in [0, 0.05) is 11.8 Å². The van der Waals surface area contributed by atoms with Crippen molar-refractivity contribution in [1.29, 1.82) is 0 Å². The molecule has 1 aromatic rings. The first-order valence-electron chi connectivity index (χ1n) is 5.28. The van der Waals surface area contributed by atoms with Gasteiger partial charge in [0.25, 0.3) is 0 Å². The van der Waals surface area contributed by atoms with Crippen LogP contribution in [0.1, 0.15) is 44.3 Å². The smallest absolute Gasteiger partial charge is 0.232 e. The number of nitrogens with zero attached hydrogens (tertiary/aromatic N) is 2. The molecule has 1 aromatic heterocycles. The molecule has 4 heteroatoms. The second-order valence-corrected chi connectivity index (χ2v) is 4.32. The summed E-state index contributed by atoms with van der Waals surface area (Å²) in [5, 5.41) is 3.93. The average Bonchev–Trinajstić information content (AvgIpc) is 2.75. The number of nitrogens with two attached hydrogens (primary N) is 1. The van der Waals surface area contributed by atoms with Crippen LogP contribution < -0.4 is 5.73 Å². The Bertz CT molecular complexity index is 302. The summed E-state index contributed by atoms with van der Waals surface area (Å²) in [6.45, 7) is 2.79. The van der Waals surface area contributed by atoms with Crippen LogP contribution in [0.3, 0.4) is 0 Å². The third-order valence-corrected chi connectivity index (χ3v) is 3.06. The second-order valence-electron chi connectivity index (χ2n) is 4.32. The van der Waals surface area contributed by atoms with Gasteiger partial charge in [-0.05, 0) is 19.4 Å². The lowest BCUT2D eigenvalue weighted by atomic mass is 9.89. The lowest BCUT2D eigenvalue weighted by Gasteiger charge is -2.16. The molecule has 2 N–H and O–H groups in total. The van der Waals surface area contributed by atoms with E-state index in [4.69, 9.17) is 10.3 Å². The highest BCUT2D eigenvalue weighted by atomic mass is 16.5. The van der Waals surface area contributed by atoms with Gasteiger partial charge in [-0.2, -0.15) is 4.98 Å². The molecule has 1 aliphatic carbocycles. The van der Waals surface area contributed by atoms with Crippen molar-refractivity contribution < 1.29 is 4.52 Å². The molecule has 1 heterocycles. The van der Waals surface area contributed by atoms with Crippen molar-refractivity contribution in [3.05, 3.63) is 11.7 Å². The topological polar surface area (TPSA) is 64.9 Å². The predicted octanol–water partition coefficient (Wildman–Crippen LogP) is 1.40. The minimum absolute atomic E-state index is 0.125. The molecular formula is C10H17N3O. The number of hydrogen-bond acceptors (Lipinski definition) is 4. The Kier molecular flexibility index (Phi) is 2.54. The van der Waals surface area contributed by atoms with E-state index in [0.717, 1.165) is 24.6 Å². The molecule has 0 saturated heterocycles. The SMILES string of the molecule is CC1(c2nc(CCN)no2)CCCC1. The maximum absolute atomic E-state index is 5.43. The third kappa shape index (κ3) is 1.66. The zero-order valence-electron chi connectivity index (χ0n) is 8.62. The molecule has 0 atom stereocenters. The molecule has 4 nitrogen and oxygen atoms in total. The summed E-state index contributed by atoms with van der Waals surface area (Å²) in [5.74, 6) is 1.55. The normalized spacial score (nSPS) is 20.1. The predicted molar refractivity (Wildman–Crippen MR) is 52.9 cm³/mol. The highest BCUT2D eigenvalue weighted by molar-refractivity contribution is 5.05. The van der Waals surface area contributed by atoms with Crippen LogP contribution in [-0.4, -0.2) is 16.7 Å². The quantitative estimate of drug-likeness (QED) is 0.791. The van der Waals surface area contributed by atoms with Gasteiger partial charge in [-0.15, -0.1) is 0 Å². The van der Waals surface area contributed by atoms with Gasteiger partial charge in [-0.3, -0.25) is 0 Å². The van der Waals surface area contributed by atoms with Crippen molar-refractivity contribution in [1.82, 2.24) is 10.1 Å². The monoisotopic (exact) mass is 195 g/mol. The first kappa shape index (κ1) is 9.65. The summed E-state index contributed by atoms with van der Waals surface area (Å²) in [6.07, 6.45) is 5.57. The fourth-order valence-corrected chi connectivity index (χ4v) is 2.10. The summed E-state index contributed by atoms with van der Waals surface area (Å²) < 4.78 is 5.29. The van der Waals surface area contributed by atoms with E-state index in [-0.39, 0.29) is 5.41 Å². The van der Waals surface area contributed by atoms with Crippen molar-refractivity contribution in [2.24, 2.45) is 5.73 Å². The minimum Gasteiger partial charge on any atom is -0.339 e. The van der Waals surface area contributed by atoms with Crippen LogP contribution in [0.5, 0.6) is 0 Å². The van der Waals surface area contributed by atoms with E-state index in [1.54, 1.807) is 0 Å². The Balaban J connectivity index is 2.15. The molecule has 0 radical (unpaired) electrons. The number of aromatic nitrogens is 2. The van der Waals surface area contributed by atoms with Gasteiger partial charge in [-0.1, -0.05) is 24.9 Å². The van der Waals surface area contributed by atoms with E-state index >= 15 is 0 Å². The van der Waals surface area contributed by atoms with Crippen LogP contribution in [-0.2, 0) is 11.8 Å². The maximum Gasteiger partial charge on any atom is 0.232 e. The summed E-state index contributed by atoms with van der Waals surface area (Å²) in [5.41, 5.74) is 5.56. The highest BCUT2D eigenvalue weighted by Gasteiger charge is 2.35. The van der Waals surface area contributed by atoms with Crippen LogP contribution in [0.25, 0.3) is 0 Å². The summed E-state index contributed by atoms with van der Waals surface area (Å²) >= 11 is 0. The fourth-order valence-electron chi connectivity index (χ4n) is 2.10. The van der Waals surface area contributed by atoms with E-state index in [1.807, 2.05) is 0 Å². The molecule has 1 aliphatic rings. The lowest BCUT2D eigenvalue weighted by Crippen LogP contribution is -2.17. The van der Waals surface area contributed by atoms with Gasteiger partial charge in [0.1, 0.15) is 0 Å². The molecule has 0 aromatic carbocycles. The van der Waals surface area contributed by atoms with Gasteiger partial charge in [0.05, 0.1) is 0 Å². The summed E-state index contributed by atoms with van der Waals surface area (Å²) in [7, 11) is 0. The van der Waals surface area contributed by atoms with Crippen molar-refractivity contribution in [2.45, 2.75) is 44.4 Å². The Morgan fingerprint density at radius 1 is 1.43 bits per heavy atom. The van der Waals surface area contributed by atoms with E-state index in [9.17, 15) is 0 Å². The van der Waals surface area contributed by atoms with Gasteiger partial charge < -0.3 is 10.3 Å². The van der Waals surface area contributed by atoms with Crippen LogP contribution in [0.15, 0.2) is 4.52 Å². The van der Waals surface area contributed by atoms with E-state index in [1.165, 1.54) is 12.8 Å². The van der Waals surface area contributed by atoms with Crippen LogP contribution in [0.4, 0.5) is 0 Å².